The monoisotopic (exact) mass is 282 g/mol. The third kappa shape index (κ3) is 4.71. The molecule has 0 bridgehead atoms. The number of nitrogens with zero attached hydrogens (tertiary/aromatic N) is 1. The van der Waals surface area contributed by atoms with E-state index in [-0.39, 0.29) is 0 Å². The van der Waals surface area contributed by atoms with Crippen LogP contribution in [0.25, 0.3) is 0 Å². The maximum absolute atomic E-state index is 5.94. The molecule has 0 spiro atoms. The molecule has 1 saturated carbocycles. The second-order valence-electron chi connectivity index (χ2n) is 6.90. The Bertz CT molecular complexity index is 264. The van der Waals surface area contributed by atoms with E-state index in [9.17, 15) is 0 Å². The lowest BCUT2D eigenvalue weighted by Gasteiger charge is -2.37. The quantitative estimate of drug-likeness (QED) is 0.810. The van der Waals surface area contributed by atoms with Crippen molar-refractivity contribution in [1.82, 2.24) is 10.2 Å². The predicted molar refractivity (Wildman–Crippen MR) is 85.1 cm³/mol. The second kappa shape index (κ2) is 8.35. The van der Waals surface area contributed by atoms with Gasteiger partial charge in [0.2, 0.25) is 0 Å². The van der Waals surface area contributed by atoms with Crippen molar-refractivity contribution >= 4 is 0 Å². The zero-order valence-corrected chi connectivity index (χ0v) is 13.7. The molecule has 0 amide bonds. The summed E-state index contributed by atoms with van der Waals surface area (Å²) in [5.74, 6) is 0.901. The van der Waals surface area contributed by atoms with Crippen LogP contribution in [0.15, 0.2) is 0 Å². The maximum Gasteiger partial charge on any atom is 0.0826 e. The van der Waals surface area contributed by atoms with E-state index in [0.717, 1.165) is 32.2 Å². The summed E-state index contributed by atoms with van der Waals surface area (Å²) < 4.78 is 5.94. The van der Waals surface area contributed by atoms with Gasteiger partial charge in [-0.05, 0) is 39.0 Å². The Hall–Kier alpha value is -0.120. The summed E-state index contributed by atoms with van der Waals surface area (Å²) in [5, 5.41) is 3.82. The standard InChI is InChI=1S/C17H34N2O/c1-4-17(15-8-6-5-7-9-15)18-12-16-13-19(14(2)3)10-11-20-16/h14-18H,4-13H2,1-3H3. The van der Waals surface area contributed by atoms with Crippen LogP contribution >= 0.6 is 0 Å². The van der Waals surface area contributed by atoms with E-state index >= 15 is 0 Å². The van der Waals surface area contributed by atoms with Crippen LogP contribution in [-0.4, -0.2) is 49.3 Å². The highest BCUT2D eigenvalue weighted by Crippen LogP contribution is 2.27. The Morgan fingerprint density at radius 3 is 2.60 bits per heavy atom. The highest BCUT2D eigenvalue weighted by atomic mass is 16.5. The molecular weight excluding hydrogens is 248 g/mol. The highest BCUT2D eigenvalue weighted by molar-refractivity contribution is 4.82. The molecule has 1 aliphatic carbocycles. The van der Waals surface area contributed by atoms with Gasteiger partial charge in [-0.1, -0.05) is 26.2 Å². The number of morpholine rings is 1. The Labute approximate surface area is 125 Å². The van der Waals surface area contributed by atoms with Crippen molar-refractivity contribution in [1.29, 1.82) is 0 Å². The van der Waals surface area contributed by atoms with Gasteiger partial charge in [0, 0.05) is 31.7 Å². The lowest BCUT2D eigenvalue weighted by Crippen LogP contribution is -2.51. The predicted octanol–water partition coefficient (Wildman–Crippen LogP) is 3.04. The zero-order valence-electron chi connectivity index (χ0n) is 13.7. The van der Waals surface area contributed by atoms with Crippen LogP contribution in [0.1, 0.15) is 59.3 Å². The van der Waals surface area contributed by atoms with E-state index < -0.39 is 0 Å². The average Bonchev–Trinajstić information content (AvgIpc) is 2.49. The van der Waals surface area contributed by atoms with Gasteiger partial charge in [0.1, 0.15) is 0 Å². The third-order valence-electron chi connectivity index (χ3n) is 5.17. The van der Waals surface area contributed by atoms with Gasteiger partial charge in [0.25, 0.3) is 0 Å². The van der Waals surface area contributed by atoms with E-state index in [1.165, 1.54) is 38.5 Å². The minimum absolute atomic E-state index is 0.379. The van der Waals surface area contributed by atoms with Crippen molar-refractivity contribution in [3.05, 3.63) is 0 Å². The lowest BCUT2D eigenvalue weighted by atomic mass is 9.83. The van der Waals surface area contributed by atoms with E-state index in [2.05, 4.69) is 31.0 Å². The number of nitrogens with one attached hydrogen (secondary N) is 1. The molecule has 1 heterocycles. The number of rotatable bonds is 6. The molecule has 1 N–H and O–H groups in total. The zero-order chi connectivity index (χ0) is 14.4. The summed E-state index contributed by atoms with van der Waals surface area (Å²) in [6.45, 7) is 11.0. The first kappa shape index (κ1) is 16.3. The Kier molecular flexibility index (Phi) is 6.79. The highest BCUT2D eigenvalue weighted by Gasteiger charge is 2.25. The first-order chi connectivity index (χ1) is 9.70. The molecular formula is C17H34N2O. The fraction of sp³-hybridized carbons (Fsp3) is 1.00. The smallest absolute Gasteiger partial charge is 0.0826 e. The molecule has 3 nitrogen and oxygen atoms in total. The molecule has 2 unspecified atom stereocenters. The van der Waals surface area contributed by atoms with Crippen molar-refractivity contribution in [2.75, 3.05) is 26.2 Å². The van der Waals surface area contributed by atoms with Gasteiger partial charge in [-0.25, -0.2) is 0 Å². The number of hydrogen-bond donors (Lipinski definition) is 1. The van der Waals surface area contributed by atoms with Gasteiger partial charge in [0.05, 0.1) is 12.7 Å². The first-order valence-corrected chi connectivity index (χ1v) is 8.79. The first-order valence-electron chi connectivity index (χ1n) is 8.79. The summed E-state index contributed by atoms with van der Waals surface area (Å²) in [6.07, 6.45) is 8.80. The minimum atomic E-state index is 0.379. The number of ether oxygens (including phenoxy) is 1. The van der Waals surface area contributed by atoms with Crippen molar-refractivity contribution in [3.63, 3.8) is 0 Å². The van der Waals surface area contributed by atoms with Crippen LogP contribution < -0.4 is 5.32 Å². The third-order valence-corrected chi connectivity index (χ3v) is 5.17. The molecule has 1 saturated heterocycles. The van der Waals surface area contributed by atoms with Crippen molar-refractivity contribution < 1.29 is 4.74 Å². The molecule has 118 valence electrons. The fourth-order valence-corrected chi connectivity index (χ4v) is 3.80. The van der Waals surface area contributed by atoms with E-state index in [0.29, 0.717) is 18.2 Å². The second-order valence-corrected chi connectivity index (χ2v) is 6.90. The van der Waals surface area contributed by atoms with Crippen LogP contribution in [-0.2, 0) is 4.74 Å². The normalized spacial score (nSPS) is 27.9. The molecule has 2 aliphatic rings. The van der Waals surface area contributed by atoms with Crippen LogP contribution in [0, 0.1) is 5.92 Å². The van der Waals surface area contributed by atoms with E-state index in [4.69, 9.17) is 4.74 Å². The van der Waals surface area contributed by atoms with Crippen LogP contribution in [0.5, 0.6) is 0 Å². The van der Waals surface area contributed by atoms with Gasteiger partial charge in [-0.15, -0.1) is 0 Å². The molecule has 0 aromatic rings. The number of hydrogen-bond acceptors (Lipinski definition) is 3. The van der Waals surface area contributed by atoms with Gasteiger partial charge in [-0.3, -0.25) is 4.90 Å². The summed E-state index contributed by atoms with van der Waals surface area (Å²) in [4.78, 5) is 2.54. The van der Waals surface area contributed by atoms with Gasteiger partial charge in [-0.2, -0.15) is 0 Å². The van der Waals surface area contributed by atoms with Crippen LogP contribution in [0.4, 0.5) is 0 Å². The van der Waals surface area contributed by atoms with Crippen molar-refractivity contribution in [2.24, 2.45) is 5.92 Å². The Morgan fingerprint density at radius 2 is 1.95 bits per heavy atom. The van der Waals surface area contributed by atoms with Gasteiger partial charge < -0.3 is 10.1 Å². The average molecular weight is 282 g/mol. The largest absolute Gasteiger partial charge is 0.374 e. The van der Waals surface area contributed by atoms with Gasteiger partial charge >= 0.3 is 0 Å². The minimum Gasteiger partial charge on any atom is -0.374 e. The van der Waals surface area contributed by atoms with Gasteiger partial charge in [0.15, 0.2) is 0 Å². The lowest BCUT2D eigenvalue weighted by molar-refractivity contribution is -0.0390. The summed E-state index contributed by atoms with van der Waals surface area (Å²) in [7, 11) is 0. The molecule has 1 aliphatic heterocycles. The molecule has 0 aromatic carbocycles. The maximum atomic E-state index is 5.94. The molecule has 2 rings (SSSR count). The Morgan fingerprint density at radius 1 is 1.20 bits per heavy atom. The summed E-state index contributed by atoms with van der Waals surface area (Å²) >= 11 is 0. The summed E-state index contributed by atoms with van der Waals surface area (Å²) in [6, 6.07) is 1.34. The molecule has 0 aromatic heterocycles. The van der Waals surface area contributed by atoms with Crippen molar-refractivity contribution in [2.45, 2.75) is 77.5 Å². The molecule has 2 fully saturated rings. The molecule has 2 atom stereocenters. The molecule has 20 heavy (non-hydrogen) atoms. The summed E-state index contributed by atoms with van der Waals surface area (Å²) in [5.41, 5.74) is 0. The van der Waals surface area contributed by atoms with Crippen molar-refractivity contribution in [3.8, 4) is 0 Å². The fourth-order valence-electron chi connectivity index (χ4n) is 3.80. The van der Waals surface area contributed by atoms with E-state index in [1.807, 2.05) is 0 Å². The van der Waals surface area contributed by atoms with Crippen LogP contribution in [0.2, 0.25) is 0 Å². The molecule has 3 heteroatoms. The topological polar surface area (TPSA) is 24.5 Å². The molecule has 0 radical (unpaired) electrons. The Balaban J connectivity index is 1.74. The van der Waals surface area contributed by atoms with E-state index in [1.54, 1.807) is 0 Å². The SMILES string of the molecule is CCC(NCC1CN(C(C)C)CCO1)C1CCCCC1. The van der Waals surface area contributed by atoms with Crippen LogP contribution in [0.3, 0.4) is 0 Å².